The van der Waals surface area contributed by atoms with Crippen LogP contribution in [0.2, 0.25) is 0 Å². The van der Waals surface area contributed by atoms with Crippen LogP contribution >= 0.6 is 0 Å². The van der Waals surface area contributed by atoms with Gasteiger partial charge in [0.2, 0.25) is 0 Å². The highest BCUT2D eigenvalue weighted by Gasteiger charge is 2.16. The number of rotatable bonds is 6. The fourth-order valence-corrected chi connectivity index (χ4v) is 2.47. The van der Waals surface area contributed by atoms with Gasteiger partial charge in [0.1, 0.15) is 0 Å². The van der Waals surface area contributed by atoms with Gasteiger partial charge in [-0.25, -0.2) is 0 Å². The molecule has 0 saturated carbocycles. The molecule has 1 aromatic carbocycles. The van der Waals surface area contributed by atoms with E-state index in [2.05, 4.69) is 48.0 Å². The lowest BCUT2D eigenvalue weighted by atomic mass is 9.91. The molecule has 21 heavy (non-hydrogen) atoms. The molecule has 2 aromatic rings. The molecule has 0 fully saturated rings. The zero-order chi connectivity index (χ0) is 15.5. The van der Waals surface area contributed by atoms with Crippen LogP contribution in [0.15, 0.2) is 30.5 Å². The molecule has 112 valence electrons. The number of hydrogen-bond donors (Lipinski definition) is 1. The van der Waals surface area contributed by atoms with Gasteiger partial charge in [-0.05, 0) is 62.3 Å². The Morgan fingerprint density at radius 2 is 2.10 bits per heavy atom. The van der Waals surface area contributed by atoms with Crippen molar-refractivity contribution in [2.75, 3.05) is 0 Å². The molecule has 0 amide bonds. The van der Waals surface area contributed by atoms with Crippen LogP contribution in [0.4, 0.5) is 0 Å². The summed E-state index contributed by atoms with van der Waals surface area (Å²) in [7, 11) is 0. The molecular weight excluding hydrogens is 258 g/mol. The largest absolute Gasteiger partial charge is 0.347 e. The Kier molecular flexibility index (Phi) is 4.69. The summed E-state index contributed by atoms with van der Waals surface area (Å²) in [6.07, 6.45) is 4.90. The SMILES string of the molecule is CCC(N)Cc1ccc2c(ccn2CCC(C)(C)C#N)c1. The molecule has 0 aliphatic carbocycles. The molecule has 2 N–H and O–H groups in total. The van der Waals surface area contributed by atoms with Gasteiger partial charge < -0.3 is 10.3 Å². The normalized spacial score (nSPS) is 13.3. The van der Waals surface area contributed by atoms with Gasteiger partial charge in [0.05, 0.1) is 11.5 Å². The van der Waals surface area contributed by atoms with Crippen molar-refractivity contribution >= 4 is 10.9 Å². The van der Waals surface area contributed by atoms with Crippen LogP contribution < -0.4 is 5.73 Å². The number of aryl methyl sites for hydroxylation is 1. The van der Waals surface area contributed by atoms with E-state index < -0.39 is 0 Å². The highest BCUT2D eigenvalue weighted by Crippen LogP contribution is 2.23. The molecule has 1 atom stereocenters. The van der Waals surface area contributed by atoms with E-state index in [9.17, 15) is 0 Å². The predicted octanol–water partition coefficient (Wildman–Crippen LogP) is 3.86. The van der Waals surface area contributed by atoms with E-state index in [1.54, 1.807) is 0 Å². The van der Waals surface area contributed by atoms with Crippen molar-refractivity contribution in [1.29, 1.82) is 5.26 Å². The molecule has 0 spiro atoms. The monoisotopic (exact) mass is 283 g/mol. The summed E-state index contributed by atoms with van der Waals surface area (Å²) in [6.45, 7) is 6.97. The number of aromatic nitrogens is 1. The molecule has 0 aliphatic rings. The third-order valence-corrected chi connectivity index (χ3v) is 4.14. The molecule has 1 aromatic heterocycles. The summed E-state index contributed by atoms with van der Waals surface area (Å²) < 4.78 is 2.23. The Morgan fingerprint density at radius 3 is 2.76 bits per heavy atom. The van der Waals surface area contributed by atoms with Crippen molar-refractivity contribution < 1.29 is 0 Å². The van der Waals surface area contributed by atoms with Gasteiger partial charge in [0, 0.05) is 24.3 Å². The first-order valence-corrected chi connectivity index (χ1v) is 7.70. The molecule has 0 radical (unpaired) electrons. The number of hydrogen-bond acceptors (Lipinski definition) is 2. The van der Waals surface area contributed by atoms with E-state index >= 15 is 0 Å². The molecular formula is C18H25N3. The van der Waals surface area contributed by atoms with Crippen LogP contribution in [0.5, 0.6) is 0 Å². The number of fused-ring (bicyclic) bond motifs is 1. The van der Waals surface area contributed by atoms with Gasteiger partial charge >= 0.3 is 0 Å². The van der Waals surface area contributed by atoms with E-state index in [0.29, 0.717) is 0 Å². The Balaban J connectivity index is 2.16. The van der Waals surface area contributed by atoms with E-state index in [4.69, 9.17) is 11.0 Å². The second-order valence-corrected chi connectivity index (χ2v) is 6.52. The van der Waals surface area contributed by atoms with Crippen LogP contribution in [0.1, 0.15) is 39.2 Å². The van der Waals surface area contributed by atoms with Crippen molar-refractivity contribution in [3.8, 4) is 6.07 Å². The molecule has 0 aliphatic heterocycles. The van der Waals surface area contributed by atoms with Crippen LogP contribution in [-0.4, -0.2) is 10.6 Å². The van der Waals surface area contributed by atoms with E-state index in [-0.39, 0.29) is 11.5 Å². The maximum Gasteiger partial charge on any atom is 0.0684 e. The van der Waals surface area contributed by atoms with Gasteiger partial charge in [-0.3, -0.25) is 0 Å². The Morgan fingerprint density at radius 1 is 1.33 bits per heavy atom. The summed E-state index contributed by atoms with van der Waals surface area (Å²) in [4.78, 5) is 0. The van der Waals surface area contributed by atoms with Crippen LogP contribution in [0, 0.1) is 16.7 Å². The van der Waals surface area contributed by atoms with Crippen LogP contribution in [0.25, 0.3) is 10.9 Å². The summed E-state index contributed by atoms with van der Waals surface area (Å²) in [6, 6.07) is 11.3. The van der Waals surface area contributed by atoms with E-state index in [1.807, 2.05) is 13.8 Å². The van der Waals surface area contributed by atoms with Gasteiger partial charge in [0.15, 0.2) is 0 Å². The quantitative estimate of drug-likeness (QED) is 0.875. The fraction of sp³-hybridized carbons (Fsp3) is 0.500. The second-order valence-electron chi connectivity index (χ2n) is 6.52. The molecule has 1 unspecified atom stereocenters. The summed E-state index contributed by atoms with van der Waals surface area (Å²) in [5.74, 6) is 0. The zero-order valence-corrected chi connectivity index (χ0v) is 13.3. The average molecular weight is 283 g/mol. The lowest BCUT2D eigenvalue weighted by molar-refractivity contribution is 0.417. The van der Waals surface area contributed by atoms with Gasteiger partial charge in [-0.2, -0.15) is 5.26 Å². The smallest absolute Gasteiger partial charge is 0.0684 e. The highest BCUT2D eigenvalue weighted by molar-refractivity contribution is 5.80. The van der Waals surface area contributed by atoms with Gasteiger partial charge in [0.25, 0.3) is 0 Å². The maximum atomic E-state index is 9.11. The Hall–Kier alpha value is -1.79. The standard InChI is InChI=1S/C18H25N3/c1-4-16(20)12-14-5-6-17-15(11-14)7-9-21(17)10-8-18(2,3)13-19/h5-7,9,11,16H,4,8,10,12,20H2,1-3H3. The number of nitriles is 1. The Labute approximate surface area is 127 Å². The van der Waals surface area contributed by atoms with Gasteiger partial charge in [-0.15, -0.1) is 0 Å². The zero-order valence-electron chi connectivity index (χ0n) is 13.3. The summed E-state index contributed by atoms with van der Waals surface area (Å²) in [5, 5.41) is 10.4. The average Bonchev–Trinajstić information content (AvgIpc) is 2.87. The first-order valence-electron chi connectivity index (χ1n) is 7.70. The summed E-state index contributed by atoms with van der Waals surface area (Å²) >= 11 is 0. The van der Waals surface area contributed by atoms with Crippen LogP contribution in [0.3, 0.4) is 0 Å². The lowest BCUT2D eigenvalue weighted by Crippen LogP contribution is -2.21. The first kappa shape index (κ1) is 15.6. The lowest BCUT2D eigenvalue weighted by Gasteiger charge is -2.16. The maximum absolute atomic E-state index is 9.11. The van der Waals surface area contributed by atoms with Crippen LogP contribution in [-0.2, 0) is 13.0 Å². The Bertz CT molecular complexity index is 646. The minimum atomic E-state index is -0.273. The number of nitrogens with two attached hydrogens (primary N) is 1. The summed E-state index contributed by atoms with van der Waals surface area (Å²) in [5.41, 5.74) is 8.29. The minimum Gasteiger partial charge on any atom is -0.347 e. The first-order chi connectivity index (χ1) is 9.95. The van der Waals surface area contributed by atoms with Crippen molar-refractivity contribution in [2.45, 2.75) is 52.6 Å². The van der Waals surface area contributed by atoms with Crippen molar-refractivity contribution in [2.24, 2.45) is 11.1 Å². The number of nitrogens with zero attached hydrogens (tertiary/aromatic N) is 2. The minimum absolute atomic E-state index is 0.237. The third-order valence-electron chi connectivity index (χ3n) is 4.14. The van der Waals surface area contributed by atoms with Crippen molar-refractivity contribution in [3.05, 3.63) is 36.0 Å². The second kappa shape index (κ2) is 6.32. The third kappa shape index (κ3) is 3.86. The highest BCUT2D eigenvalue weighted by atomic mass is 14.9. The molecule has 3 nitrogen and oxygen atoms in total. The van der Waals surface area contributed by atoms with E-state index in [1.165, 1.54) is 16.5 Å². The molecule has 1 heterocycles. The molecule has 0 bridgehead atoms. The number of benzene rings is 1. The topological polar surface area (TPSA) is 54.7 Å². The fourth-order valence-electron chi connectivity index (χ4n) is 2.47. The van der Waals surface area contributed by atoms with Crippen molar-refractivity contribution in [3.63, 3.8) is 0 Å². The van der Waals surface area contributed by atoms with E-state index in [0.717, 1.165) is 25.8 Å². The van der Waals surface area contributed by atoms with Gasteiger partial charge in [-0.1, -0.05) is 13.0 Å². The molecule has 0 saturated heterocycles. The predicted molar refractivity (Wildman–Crippen MR) is 87.9 cm³/mol. The molecule has 3 heteroatoms. The van der Waals surface area contributed by atoms with Crippen molar-refractivity contribution in [1.82, 2.24) is 4.57 Å². The molecule has 2 rings (SSSR count).